The van der Waals surface area contributed by atoms with Gasteiger partial charge in [0.05, 0.1) is 23.8 Å². The summed E-state index contributed by atoms with van der Waals surface area (Å²) in [5, 5.41) is 8.39. The zero-order valence-electron chi connectivity index (χ0n) is 15.8. The van der Waals surface area contributed by atoms with E-state index < -0.39 is 0 Å². The van der Waals surface area contributed by atoms with Crippen LogP contribution >= 0.6 is 0 Å². The molecule has 6 rings (SSSR count). The molecule has 1 aromatic heterocycles. The van der Waals surface area contributed by atoms with Gasteiger partial charge in [-0.05, 0) is 41.3 Å². The van der Waals surface area contributed by atoms with E-state index in [0.29, 0.717) is 0 Å². The van der Waals surface area contributed by atoms with Gasteiger partial charge in [-0.25, -0.2) is 9.78 Å². The van der Waals surface area contributed by atoms with Crippen molar-refractivity contribution in [2.24, 2.45) is 0 Å². The van der Waals surface area contributed by atoms with Gasteiger partial charge in [-0.15, -0.1) is 0 Å². The molecule has 142 valence electrons. The van der Waals surface area contributed by atoms with Gasteiger partial charge in [0.15, 0.2) is 0 Å². The molecule has 1 spiro atoms. The van der Waals surface area contributed by atoms with E-state index in [9.17, 15) is 4.79 Å². The standard InChI is InChI=1S/C24H20N4O/c29-23(26-18-10-9-16-5-1-2-6-17(16)11-18)27-19-12-24(13-19)21-8-4-3-7-20(21)22-14-25-15-28(22)24/h1-11,14-15,19H,12-13H2,(H2,26,27,29). The molecule has 2 amide bonds. The molecule has 0 radical (unpaired) electrons. The first-order valence-corrected chi connectivity index (χ1v) is 9.92. The molecule has 29 heavy (non-hydrogen) atoms. The molecule has 2 N–H and O–H groups in total. The second kappa shape index (κ2) is 5.95. The van der Waals surface area contributed by atoms with Crippen molar-refractivity contribution in [3.8, 4) is 11.3 Å². The molecular formula is C24H20N4O. The lowest BCUT2D eigenvalue weighted by Crippen LogP contribution is -2.56. The average molecular weight is 380 g/mol. The summed E-state index contributed by atoms with van der Waals surface area (Å²) in [5.41, 5.74) is 4.48. The maximum absolute atomic E-state index is 12.6. The Labute approximate surface area is 168 Å². The average Bonchev–Trinajstić information content (AvgIpc) is 3.29. The molecule has 1 aliphatic heterocycles. The highest BCUT2D eigenvalue weighted by molar-refractivity contribution is 5.93. The highest BCUT2D eigenvalue weighted by Gasteiger charge is 2.52. The molecule has 0 saturated heterocycles. The number of hydrogen-bond acceptors (Lipinski definition) is 2. The van der Waals surface area contributed by atoms with Crippen LogP contribution in [-0.4, -0.2) is 21.6 Å². The fraction of sp³-hybridized carbons (Fsp3) is 0.167. The number of imidazole rings is 1. The van der Waals surface area contributed by atoms with Crippen molar-refractivity contribution in [1.29, 1.82) is 0 Å². The Morgan fingerprint density at radius 2 is 1.79 bits per heavy atom. The Morgan fingerprint density at radius 3 is 2.69 bits per heavy atom. The van der Waals surface area contributed by atoms with Gasteiger partial charge in [0, 0.05) is 17.3 Å². The second-order valence-corrected chi connectivity index (χ2v) is 7.99. The summed E-state index contributed by atoms with van der Waals surface area (Å²) < 4.78 is 2.27. The highest BCUT2D eigenvalue weighted by Crippen LogP contribution is 2.54. The molecule has 4 aromatic rings. The van der Waals surface area contributed by atoms with Gasteiger partial charge in [0.2, 0.25) is 0 Å². The summed E-state index contributed by atoms with van der Waals surface area (Å²) in [6, 6.07) is 22.6. The number of aromatic nitrogens is 2. The number of hydrogen-bond donors (Lipinski definition) is 2. The zero-order valence-corrected chi connectivity index (χ0v) is 15.8. The van der Waals surface area contributed by atoms with Gasteiger partial charge in [0.25, 0.3) is 0 Å². The van der Waals surface area contributed by atoms with E-state index >= 15 is 0 Å². The van der Waals surface area contributed by atoms with E-state index in [0.717, 1.165) is 29.3 Å². The monoisotopic (exact) mass is 380 g/mol. The van der Waals surface area contributed by atoms with Crippen molar-refractivity contribution in [1.82, 2.24) is 14.9 Å². The largest absolute Gasteiger partial charge is 0.335 e. The minimum Gasteiger partial charge on any atom is -0.335 e. The number of amides is 2. The fourth-order valence-corrected chi connectivity index (χ4v) is 4.97. The summed E-state index contributed by atoms with van der Waals surface area (Å²) >= 11 is 0. The van der Waals surface area contributed by atoms with E-state index in [-0.39, 0.29) is 17.6 Å². The molecule has 0 bridgehead atoms. The minimum atomic E-state index is -0.155. The maximum Gasteiger partial charge on any atom is 0.319 e. The lowest BCUT2D eigenvalue weighted by atomic mass is 9.68. The zero-order chi connectivity index (χ0) is 19.4. The summed E-state index contributed by atoms with van der Waals surface area (Å²) in [6.45, 7) is 0. The van der Waals surface area contributed by atoms with Gasteiger partial charge >= 0.3 is 6.03 Å². The van der Waals surface area contributed by atoms with Crippen LogP contribution in [0.4, 0.5) is 10.5 Å². The predicted molar refractivity (Wildman–Crippen MR) is 114 cm³/mol. The number of carbonyl (C=O) groups excluding carboxylic acids is 1. The van der Waals surface area contributed by atoms with Gasteiger partial charge in [0.1, 0.15) is 0 Å². The second-order valence-electron chi connectivity index (χ2n) is 7.99. The number of benzene rings is 3. The Hall–Kier alpha value is -3.60. The van der Waals surface area contributed by atoms with Gasteiger partial charge < -0.3 is 15.2 Å². The maximum atomic E-state index is 12.6. The van der Waals surface area contributed by atoms with Crippen molar-refractivity contribution in [3.05, 3.63) is 84.8 Å². The normalized spacial score (nSPS) is 21.4. The van der Waals surface area contributed by atoms with Crippen LogP contribution in [0.5, 0.6) is 0 Å². The molecule has 5 nitrogen and oxygen atoms in total. The van der Waals surface area contributed by atoms with Crippen LogP contribution in [0.3, 0.4) is 0 Å². The molecule has 2 aliphatic rings. The highest BCUT2D eigenvalue weighted by atomic mass is 16.2. The van der Waals surface area contributed by atoms with Crippen molar-refractivity contribution in [2.75, 3.05) is 5.32 Å². The molecule has 0 atom stereocenters. The van der Waals surface area contributed by atoms with Crippen LogP contribution in [0.15, 0.2) is 79.3 Å². The van der Waals surface area contributed by atoms with Crippen LogP contribution in [0.1, 0.15) is 18.4 Å². The molecular weight excluding hydrogens is 360 g/mol. The molecule has 0 unspecified atom stereocenters. The SMILES string of the molecule is O=C(Nc1ccc2ccccc2c1)NC1CC2(C1)c1ccccc1-c1cncn12. The van der Waals surface area contributed by atoms with Gasteiger partial charge in [-0.3, -0.25) is 0 Å². The van der Waals surface area contributed by atoms with Crippen LogP contribution < -0.4 is 10.6 Å². The summed E-state index contributed by atoms with van der Waals surface area (Å²) in [6.07, 6.45) is 5.60. The Kier molecular flexibility index (Phi) is 3.36. The third-order valence-corrected chi connectivity index (χ3v) is 6.31. The molecule has 3 aromatic carbocycles. The Balaban J connectivity index is 1.17. The number of rotatable bonds is 2. The van der Waals surface area contributed by atoms with E-state index in [2.05, 4.69) is 50.5 Å². The lowest BCUT2D eigenvalue weighted by Gasteiger charge is -2.47. The Morgan fingerprint density at radius 1 is 1.00 bits per heavy atom. The van der Waals surface area contributed by atoms with Gasteiger partial charge in [-0.1, -0.05) is 54.6 Å². The summed E-state index contributed by atoms with van der Waals surface area (Å²) in [5.74, 6) is 0. The number of urea groups is 1. The van der Waals surface area contributed by atoms with Crippen molar-refractivity contribution >= 4 is 22.5 Å². The van der Waals surface area contributed by atoms with Crippen LogP contribution in [-0.2, 0) is 5.54 Å². The van der Waals surface area contributed by atoms with Crippen molar-refractivity contribution in [2.45, 2.75) is 24.4 Å². The summed E-state index contributed by atoms with van der Waals surface area (Å²) in [7, 11) is 0. The topological polar surface area (TPSA) is 59.0 Å². The number of fused-ring (bicyclic) bond motifs is 6. The third kappa shape index (κ3) is 2.40. The first-order valence-electron chi connectivity index (χ1n) is 9.92. The third-order valence-electron chi connectivity index (χ3n) is 6.31. The smallest absolute Gasteiger partial charge is 0.319 e. The van der Waals surface area contributed by atoms with Crippen molar-refractivity contribution in [3.63, 3.8) is 0 Å². The van der Waals surface area contributed by atoms with Crippen LogP contribution in [0.25, 0.3) is 22.0 Å². The van der Waals surface area contributed by atoms with Gasteiger partial charge in [-0.2, -0.15) is 0 Å². The van der Waals surface area contributed by atoms with E-state index in [1.54, 1.807) is 0 Å². The molecule has 1 saturated carbocycles. The fourth-order valence-electron chi connectivity index (χ4n) is 4.97. The first-order chi connectivity index (χ1) is 14.2. The molecule has 2 heterocycles. The van der Waals surface area contributed by atoms with Crippen molar-refractivity contribution < 1.29 is 4.79 Å². The lowest BCUT2D eigenvalue weighted by molar-refractivity contribution is 0.149. The number of carbonyl (C=O) groups is 1. The first kappa shape index (κ1) is 16.4. The quantitative estimate of drug-likeness (QED) is 0.527. The Bertz CT molecular complexity index is 1250. The van der Waals surface area contributed by atoms with E-state index in [1.807, 2.05) is 48.9 Å². The molecule has 1 aliphatic carbocycles. The number of nitrogens with one attached hydrogen (secondary N) is 2. The molecule has 5 heteroatoms. The minimum absolute atomic E-state index is 0.0800. The predicted octanol–water partition coefficient (Wildman–Crippen LogP) is 4.74. The van der Waals surface area contributed by atoms with E-state index in [1.165, 1.54) is 16.8 Å². The van der Waals surface area contributed by atoms with Crippen LogP contribution in [0.2, 0.25) is 0 Å². The summed E-state index contributed by atoms with van der Waals surface area (Å²) in [4.78, 5) is 16.9. The van der Waals surface area contributed by atoms with Crippen LogP contribution in [0, 0.1) is 0 Å². The van der Waals surface area contributed by atoms with E-state index in [4.69, 9.17) is 0 Å². The number of anilines is 1. The molecule has 1 fully saturated rings. The number of nitrogens with zero attached hydrogens (tertiary/aromatic N) is 2.